The molecule has 1 aromatic carbocycles. The second-order valence-corrected chi connectivity index (χ2v) is 9.68. The van der Waals surface area contributed by atoms with Crippen LogP contribution >= 0.6 is 0 Å². The van der Waals surface area contributed by atoms with Crippen molar-refractivity contribution in [1.29, 1.82) is 0 Å². The Morgan fingerprint density at radius 1 is 1.12 bits per heavy atom. The summed E-state index contributed by atoms with van der Waals surface area (Å²) in [5.41, 5.74) is 5.48. The molecule has 0 aliphatic rings. The van der Waals surface area contributed by atoms with Crippen molar-refractivity contribution in [2.75, 3.05) is 0 Å². The molecule has 1 rings (SSSR count). The molecule has 0 aromatic heterocycles. The number of nitrogens with one attached hydrogen (secondary N) is 2. The van der Waals surface area contributed by atoms with Gasteiger partial charge in [-0.15, -0.1) is 0 Å². The van der Waals surface area contributed by atoms with E-state index in [0.29, 0.717) is 5.56 Å². The van der Waals surface area contributed by atoms with Gasteiger partial charge in [-0.1, -0.05) is 39.0 Å². The average molecular weight is 356 g/mol. The van der Waals surface area contributed by atoms with E-state index >= 15 is 0 Å². The molecule has 4 N–H and O–H groups in total. The molecule has 0 fully saturated rings. The normalized spacial score (nSPS) is 14.3. The predicted molar refractivity (Wildman–Crippen MR) is 95.8 cm³/mol. The number of hydrogen-bond acceptors (Lipinski definition) is 4. The van der Waals surface area contributed by atoms with Gasteiger partial charge in [-0.3, -0.25) is 4.79 Å². The molecule has 0 saturated carbocycles. The van der Waals surface area contributed by atoms with Crippen LogP contribution in [0.4, 0.5) is 0 Å². The van der Waals surface area contributed by atoms with Crippen LogP contribution in [-0.2, 0) is 21.4 Å². The van der Waals surface area contributed by atoms with Gasteiger partial charge in [0.2, 0.25) is 15.9 Å². The SMILES string of the molecule is CC(C)(C)NS(=O)(=O)c1ccccc1CNC(=O)[C@@H](N)C(C)(C)C. The second-order valence-electron chi connectivity index (χ2n) is 8.02. The van der Waals surface area contributed by atoms with E-state index in [0.717, 1.165) is 0 Å². The summed E-state index contributed by atoms with van der Waals surface area (Å²) < 4.78 is 27.7. The molecular formula is C17H29N3O3S. The zero-order valence-electron chi connectivity index (χ0n) is 15.3. The van der Waals surface area contributed by atoms with E-state index in [-0.39, 0.29) is 22.8 Å². The molecule has 1 amide bonds. The Morgan fingerprint density at radius 2 is 1.67 bits per heavy atom. The lowest BCUT2D eigenvalue weighted by atomic mass is 9.87. The molecule has 0 heterocycles. The van der Waals surface area contributed by atoms with E-state index < -0.39 is 21.6 Å². The number of hydrogen-bond donors (Lipinski definition) is 3. The highest BCUT2D eigenvalue weighted by molar-refractivity contribution is 7.89. The van der Waals surface area contributed by atoms with Crippen molar-refractivity contribution in [3.8, 4) is 0 Å². The number of benzene rings is 1. The van der Waals surface area contributed by atoms with E-state index in [9.17, 15) is 13.2 Å². The summed E-state index contributed by atoms with van der Waals surface area (Å²) in [6.45, 7) is 11.1. The van der Waals surface area contributed by atoms with E-state index in [1.807, 2.05) is 20.8 Å². The lowest BCUT2D eigenvalue weighted by molar-refractivity contribution is -0.124. The van der Waals surface area contributed by atoms with Crippen LogP contribution in [0.5, 0.6) is 0 Å². The highest BCUT2D eigenvalue weighted by atomic mass is 32.2. The molecule has 0 aliphatic carbocycles. The maximum absolute atomic E-state index is 12.6. The van der Waals surface area contributed by atoms with Crippen molar-refractivity contribution < 1.29 is 13.2 Å². The molecule has 7 heteroatoms. The van der Waals surface area contributed by atoms with Crippen molar-refractivity contribution in [1.82, 2.24) is 10.0 Å². The van der Waals surface area contributed by atoms with Gasteiger partial charge in [-0.25, -0.2) is 13.1 Å². The fraction of sp³-hybridized carbons (Fsp3) is 0.588. The number of nitrogens with two attached hydrogens (primary N) is 1. The fourth-order valence-electron chi connectivity index (χ4n) is 2.06. The molecule has 0 radical (unpaired) electrons. The van der Waals surface area contributed by atoms with Gasteiger partial charge in [0.15, 0.2) is 0 Å². The van der Waals surface area contributed by atoms with Crippen LogP contribution in [0, 0.1) is 5.41 Å². The Balaban J connectivity index is 2.98. The topological polar surface area (TPSA) is 101 Å². The quantitative estimate of drug-likeness (QED) is 0.749. The Bertz CT molecular complexity index is 686. The van der Waals surface area contributed by atoms with Crippen LogP contribution in [0.3, 0.4) is 0 Å². The van der Waals surface area contributed by atoms with Crippen LogP contribution in [0.1, 0.15) is 47.1 Å². The molecule has 0 aliphatic heterocycles. The number of sulfonamides is 1. The van der Waals surface area contributed by atoms with Gasteiger partial charge in [0.25, 0.3) is 0 Å². The molecule has 0 spiro atoms. The molecule has 0 saturated heterocycles. The van der Waals surface area contributed by atoms with Crippen LogP contribution in [0.15, 0.2) is 29.2 Å². The summed E-state index contributed by atoms with van der Waals surface area (Å²) in [6, 6.07) is 5.93. The minimum atomic E-state index is -3.68. The largest absolute Gasteiger partial charge is 0.351 e. The van der Waals surface area contributed by atoms with Gasteiger partial charge in [-0.05, 0) is 37.8 Å². The van der Waals surface area contributed by atoms with Crippen molar-refractivity contribution in [3.05, 3.63) is 29.8 Å². The van der Waals surface area contributed by atoms with E-state index in [1.165, 1.54) is 6.07 Å². The third-order valence-electron chi connectivity index (χ3n) is 3.37. The van der Waals surface area contributed by atoms with Gasteiger partial charge >= 0.3 is 0 Å². The predicted octanol–water partition coefficient (Wildman–Crippen LogP) is 1.75. The van der Waals surface area contributed by atoms with E-state index in [4.69, 9.17) is 5.73 Å². The first-order valence-electron chi connectivity index (χ1n) is 7.89. The Hall–Kier alpha value is -1.44. The van der Waals surface area contributed by atoms with Crippen molar-refractivity contribution in [2.45, 2.75) is 64.6 Å². The minimum Gasteiger partial charge on any atom is -0.351 e. The monoisotopic (exact) mass is 355 g/mol. The summed E-state index contributed by atoms with van der Waals surface area (Å²) >= 11 is 0. The molecule has 1 aromatic rings. The Labute approximate surface area is 145 Å². The number of amides is 1. The third kappa shape index (κ3) is 5.89. The molecule has 24 heavy (non-hydrogen) atoms. The summed E-state index contributed by atoms with van der Waals surface area (Å²) in [7, 11) is -3.68. The van der Waals surface area contributed by atoms with E-state index in [2.05, 4.69) is 10.0 Å². The van der Waals surface area contributed by atoms with Gasteiger partial charge in [0.05, 0.1) is 10.9 Å². The molecule has 1 atom stereocenters. The highest BCUT2D eigenvalue weighted by Gasteiger charge is 2.28. The van der Waals surface area contributed by atoms with Gasteiger partial charge in [0, 0.05) is 12.1 Å². The molecule has 0 bridgehead atoms. The zero-order valence-corrected chi connectivity index (χ0v) is 16.1. The van der Waals surface area contributed by atoms with Crippen LogP contribution in [0.2, 0.25) is 0 Å². The molecule has 136 valence electrons. The third-order valence-corrected chi connectivity index (χ3v) is 5.23. The van der Waals surface area contributed by atoms with Crippen LogP contribution in [0.25, 0.3) is 0 Å². The minimum absolute atomic E-state index is 0.101. The standard InChI is InChI=1S/C17H29N3O3S/c1-16(2,3)14(18)15(21)19-11-12-9-7-8-10-13(12)24(22,23)20-17(4,5)6/h7-10,14,20H,11,18H2,1-6H3,(H,19,21)/t14-/m1/s1. The van der Waals surface area contributed by atoms with Crippen LogP contribution in [-0.4, -0.2) is 25.9 Å². The molecular weight excluding hydrogens is 326 g/mol. The summed E-state index contributed by atoms with van der Waals surface area (Å²) in [4.78, 5) is 12.3. The first kappa shape index (κ1) is 20.6. The van der Waals surface area contributed by atoms with Crippen molar-refractivity contribution >= 4 is 15.9 Å². The van der Waals surface area contributed by atoms with Gasteiger partial charge in [-0.2, -0.15) is 0 Å². The number of carbonyl (C=O) groups excluding carboxylic acids is 1. The smallest absolute Gasteiger partial charge is 0.241 e. The molecule has 0 unspecified atom stereocenters. The summed E-state index contributed by atoms with van der Waals surface area (Å²) in [5.74, 6) is -0.307. The van der Waals surface area contributed by atoms with Crippen LogP contribution < -0.4 is 15.8 Å². The summed E-state index contributed by atoms with van der Waals surface area (Å²) in [5, 5.41) is 2.72. The van der Waals surface area contributed by atoms with Gasteiger partial charge in [0.1, 0.15) is 0 Å². The Kier molecular flexibility index (Phi) is 6.19. The summed E-state index contributed by atoms with van der Waals surface area (Å²) in [6.07, 6.45) is 0. The van der Waals surface area contributed by atoms with Gasteiger partial charge < -0.3 is 11.1 Å². The lowest BCUT2D eigenvalue weighted by Gasteiger charge is -2.26. The Morgan fingerprint density at radius 3 is 2.17 bits per heavy atom. The van der Waals surface area contributed by atoms with E-state index in [1.54, 1.807) is 39.0 Å². The lowest BCUT2D eigenvalue weighted by Crippen LogP contribution is -2.48. The second kappa shape index (κ2) is 7.21. The van der Waals surface area contributed by atoms with Crippen molar-refractivity contribution in [2.24, 2.45) is 11.1 Å². The zero-order chi connectivity index (χ0) is 18.8. The number of carbonyl (C=O) groups is 1. The van der Waals surface area contributed by atoms with Crippen molar-refractivity contribution in [3.63, 3.8) is 0 Å². The maximum atomic E-state index is 12.6. The number of rotatable bonds is 5. The first-order valence-corrected chi connectivity index (χ1v) is 9.37. The molecule has 6 nitrogen and oxygen atoms in total. The maximum Gasteiger partial charge on any atom is 0.241 e. The highest BCUT2D eigenvalue weighted by Crippen LogP contribution is 2.19. The average Bonchev–Trinajstić information content (AvgIpc) is 2.40. The first-order chi connectivity index (χ1) is 10.7. The fourth-order valence-corrected chi connectivity index (χ4v) is 3.71.